The van der Waals surface area contributed by atoms with Crippen LogP contribution >= 0.6 is 23.1 Å². The minimum Gasteiger partial charge on any atom is -0.493 e. The van der Waals surface area contributed by atoms with Crippen LogP contribution in [0.25, 0.3) is 22.2 Å². The van der Waals surface area contributed by atoms with Crippen molar-refractivity contribution in [3.63, 3.8) is 0 Å². The first-order chi connectivity index (χ1) is 13.2. The molecule has 0 bridgehead atoms. The van der Waals surface area contributed by atoms with Gasteiger partial charge in [0.05, 0.1) is 22.3 Å². The van der Waals surface area contributed by atoms with Gasteiger partial charge in [-0.05, 0) is 37.4 Å². The third-order valence-corrected chi connectivity index (χ3v) is 5.40. The van der Waals surface area contributed by atoms with Crippen molar-refractivity contribution in [2.75, 3.05) is 6.61 Å². The Morgan fingerprint density at radius 1 is 1.04 bits per heavy atom. The average molecular weight is 400 g/mol. The van der Waals surface area contributed by atoms with Crippen LogP contribution in [0.2, 0.25) is 0 Å². The lowest BCUT2D eigenvalue weighted by Crippen LogP contribution is -1.93. The lowest BCUT2D eigenvalue weighted by Gasteiger charge is -2.06. The highest BCUT2D eigenvalue weighted by Crippen LogP contribution is 2.37. The number of para-hydroxylation sites is 1. The van der Waals surface area contributed by atoms with Gasteiger partial charge >= 0.3 is 0 Å². The third kappa shape index (κ3) is 3.88. The Balaban J connectivity index is 1.50. The van der Waals surface area contributed by atoms with Gasteiger partial charge < -0.3 is 13.6 Å². The molecular formula is C18H16N4O3S2. The van der Waals surface area contributed by atoms with Crippen LogP contribution in [0.1, 0.15) is 25.0 Å². The number of hydrogen-bond donors (Lipinski definition) is 0. The molecule has 0 radical (unpaired) electrons. The van der Waals surface area contributed by atoms with Gasteiger partial charge in [-0.15, -0.1) is 31.7 Å². The maximum atomic E-state index is 5.80. The largest absolute Gasteiger partial charge is 0.493 e. The van der Waals surface area contributed by atoms with Crippen molar-refractivity contribution in [3.8, 4) is 28.0 Å². The summed E-state index contributed by atoms with van der Waals surface area (Å²) < 4.78 is 17.2. The molecule has 138 valence electrons. The lowest BCUT2D eigenvalue weighted by molar-refractivity contribution is 0.340. The fourth-order valence-corrected chi connectivity index (χ4v) is 3.75. The van der Waals surface area contributed by atoms with Gasteiger partial charge in [-0.3, -0.25) is 0 Å². The number of hydrogen-bond acceptors (Lipinski definition) is 9. The van der Waals surface area contributed by atoms with E-state index in [1.165, 1.54) is 11.8 Å². The molecule has 1 unspecified atom stereocenters. The monoisotopic (exact) mass is 400 g/mol. The highest BCUT2D eigenvalue weighted by Gasteiger charge is 2.21. The Morgan fingerprint density at radius 2 is 1.89 bits per heavy atom. The molecule has 0 fully saturated rings. The van der Waals surface area contributed by atoms with Crippen LogP contribution in [-0.2, 0) is 0 Å². The SMILES string of the molecule is CCOc1ccccc1-c1nnc(SC(C)c2nnc(-c3cccs3)o2)o1. The van der Waals surface area contributed by atoms with Crippen molar-refractivity contribution in [1.82, 2.24) is 20.4 Å². The molecule has 0 amide bonds. The molecule has 0 saturated carbocycles. The molecule has 1 aromatic carbocycles. The minimum atomic E-state index is -0.123. The first-order valence-electron chi connectivity index (χ1n) is 8.34. The van der Waals surface area contributed by atoms with Crippen LogP contribution in [0.15, 0.2) is 55.8 Å². The van der Waals surface area contributed by atoms with Crippen LogP contribution in [0.5, 0.6) is 5.75 Å². The van der Waals surface area contributed by atoms with E-state index in [4.69, 9.17) is 13.6 Å². The second kappa shape index (κ2) is 7.93. The molecule has 0 aliphatic heterocycles. The smallest absolute Gasteiger partial charge is 0.277 e. The quantitative estimate of drug-likeness (QED) is 0.396. The molecule has 9 heteroatoms. The standard InChI is InChI=1S/C18H16N4O3S2/c1-3-23-13-8-5-4-7-12(13)16-20-22-18(25-16)27-11(2)15-19-21-17(24-15)14-9-6-10-26-14/h4-11H,3H2,1-2H3. The number of thiophene rings is 1. The second-order valence-corrected chi connectivity index (χ2v) is 7.72. The van der Waals surface area contributed by atoms with Gasteiger partial charge in [0.1, 0.15) is 5.75 Å². The first kappa shape index (κ1) is 17.7. The number of aromatic nitrogens is 4. The van der Waals surface area contributed by atoms with Crippen LogP contribution in [0.3, 0.4) is 0 Å². The van der Waals surface area contributed by atoms with Crippen LogP contribution < -0.4 is 4.74 Å². The van der Waals surface area contributed by atoms with Gasteiger partial charge in [0.25, 0.3) is 17.0 Å². The molecule has 0 saturated heterocycles. The van der Waals surface area contributed by atoms with Crippen molar-refractivity contribution >= 4 is 23.1 Å². The van der Waals surface area contributed by atoms with Crippen molar-refractivity contribution in [1.29, 1.82) is 0 Å². The Morgan fingerprint density at radius 3 is 2.70 bits per heavy atom. The van der Waals surface area contributed by atoms with E-state index < -0.39 is 0 Å². The molecule has 3 aromatic heterocycles. The summed E-state index contributed by atoms with van der Waals surface area (Å²) in [4.78, 5) is 0.943. The molecule has 0 spiro atoms. The number of ether oxygens (including phenoxy) is 1. The van der Waals surface area contributed by atoms with E-state index in [0.717, 1.165) is 10.4 Å². The van der Waals surface area contributed by atoms with Gasteiger partial charge in [-0.1, -0.05) is 30.0 Å². The topological polar surface area (TPSA) is 87.1 Å². The maximum Gasteiger partial charge on any atom is 0.277 e. The maximum absolute atomic E-state index is 5.80. The summed E-state index contributed by atoms with van der Waals surface area (Å²) in [7, 11) is 0. The summed E-state index contributed by atoms with van der Waals surface area (Å²) in [6, 6.07) is 11.5. The Bertz CT molecular complexity index is 1010. The Hall–Kier alpha value is -2.65. The summed E-state index contributed by atoms with van der Waals surface area (Å²) in [6.45, 7) is 4.45. The number of thioether (sulfide) groups is 1. The molecular weight excluding hydrogens is 384 g/mol. The predicted molar refractivity (Wildman–Crippen MR) is 103 cm³/mol. The molecule has 1 atom stereocenters. The van der Waals surface area contributed by atoms with Gasteiger partial charge in [-0.25, -0.2) is 0 Å². The van der Waals surface area contributed by atoms with Crippen LogP contribution in [0.4, 0.5) is 0 Å². The highest BCUT2D eigenvalue weighted by molar-refractivity contribution is 7.99. The van der Waals surface area contributed by atoms with Crippen LogP contribution in [-0.4, -0.2) is 27.0 Å². The zero-order valence-electron chi connectivity index (χ0n) is 14.7. The van der Waals surface area contributed by atoms with E-state index in [0.29, 0.717) is 35.3 Å². The number of rotatable bonds is 7. The molecule has 27 heavy (non-hydrogen) atoms. The Labute approximate surface area is 163 Å². The second-order valence-electron chi connectivity index (χ2n) is 5.49. The van der Waals surface area contributed by atoms with E-state index in [2.05, 4.69) is 20.4 Å². The predicted octanol–water partition coefficient (Wildman–Crippen LogP) is 5.10. The number of benzene rings is 1. The van der Waals surface area contributed by atoms with E-state index in [1.807, 2.05) is 55.6 Å². The lowest BCUT2D eigenvalue weighted by atomic mass is 10.2. The van der Waals surface area contributed by atoms with E-state index in [-0.39, 0.29) is 5.25 Å². The highest BCUT2D eigenvalue weighted by atomic mass is 32.2. The van der Waals surface area contributed by atoms with Crippen molar-refractivity contribution in [3.05, 3.63) is 47.7 Å². The van der Waals surface area contributed by atoms with E-state index in [9.17, 15) is 0 Å². The van der Waals surface area contributed by atoms with Gasteiger partial charge in [0.15, 0.2) is 0 Å². The van der Waals surface area contributed by atoms with Crippen molar-refractivity contribution in [2.45, 2.75) is 24.3 Å². The fourth-order valence-electron chi connectivity index (χ4n) is 2.39. The van der Waals surface area contributed by atoms with Crippen molar-refractivity contribution < 1.29 is 13.6 Å². The summed E-state index contributed by atoms with van der Waals surface area (Å²) in [5.74, 6) is 2.16. The number of nitrogens with zero attached hydrogens (tertiary/aromatic N) is 4. The fraction of sp³-hybridized carbons (Fsp3) is 0.222. The average Bonchev–Trinajstić information content (AvgIpc) is 3.43. The summed E-state index contributed by atoms with van der Waals surface area (Å²) in [6.07, 6.45) is 0. The Kier molecular flexibility index (Phi) is 5.21. The molecule has 4 aromatic rings. The van der Waals surface area contributed by atoms with Gasteiger partial charge in [0, 0.05) is 0 Å². The summed E-state index contributed by atoms with van der Waals surface area (Å²) in [5.41, 5.74) is 0.768. The normalized spacial score (nSPS) is 12.2. The summed E-state index contributed by atoms with van der Waals surface area (Å²) >= 11 is 2.92. The summed E-state index contributed by atoms with van der Waals surface area (Å²) in [5, 5.41) is 18.8. The molecule has 0 N–H and O–H groups in total. The van der Waals surface area contributed by atoms with Crippen LogP contribution in [0, 0.1) is 0 Å². The van der Waals surface area contributed by atoms with Gasteiger partial charge in [-0.2, -0.15) is 0 Å². The zero-order valence-corrected chi connectivity index (χ0v) is 16.3. The van der Waals surface area contributed by atoms with Gasteiger partial charge in [0.2, 0.25) is 5.89 Å². The molecule has 7 nitrogen and oxygen atoms in total. The first-order valence-corrected chi connectivity index (χ1v) is 10.1. The zero-order chi connectivity index (χ0) is 18.6. The minimum absolute atomic E-state index is 0.123. The molecule has 0 aliphatic carbocycles. The molecule has 3 heterocycles. The van der Waals surface area contributed by atoms with E-state index in [1.54, 1.807) is 11.3 Å². The molecule has 4 rings (SSSR count). The molecule has 0 aliphatic rings. The van der Waals surface area contributed by atoms with E-state index >= 15 is 0 Å². The van der Waals surface area contributed by atoms with Crippen molar-refractivity contribution in [2.24, 2.45) is 0 Å². The third-order valence-electron chi connectivity index (χ3n) is 3.62.